The number of carbonyl (C=O) groups excluding carboxylic acids is 2. The maximum Gasteiger partial charge on any atom is 0.321 e. The van der Waals surface area contributed by atoms with E-state index in [9.17, 15) is 9.59 Å². The van der Waals surface area contributed by atoms with Crippen LogP contribution in [0.2, 0.25) is 10.0 Å². The van der Waals surface area contributed by atoms with Crippen molar-refractivity contribution >= 4 is 40.8 Å². The lowest BCUT2D eigenvalue weighted by Crippen LogP contribution is -2.31. The van der Waals surface area contributed by atoms with Gasteiger partial charge in [0.15, 0.2) is 0 Å². The molecule has 0 saturated heterocycles. The number of anilines is 1. The molecule has 0 heterocycles. The number of rotatable bonds is 5. The topological polar surface area (TPSA) is 61.4 Å². The number of amides is 3. The summed E-state index contributed by atoms with van der Waals surface area (Å²) < 4.78 is 0. The Hall–Kier alpha value is -2.24. The lowest BCUT2D eigenvalue weighted by molar-refractivity contribution is 0.0951. The molecule has 0 aromatic heterocycles. The monoisotopic (exact) mass is 391 g/mol. The number of urea groups is 1. The number of carbonyl (C=O) groups is 2. The Morgan fingerprint density at radius 3 is 2.62 bits per heavy atom. The zero-order valence-electron chi connectivity index (χ0n) is 14.3. The first-order valence-electron chi connectivity index (χ1n) is 8.29. The first-order chi connectivity index (χ1) is 12.4. The quantitative estimate of drug-likeness (QED) is 0.784. The number of benzene rings is 2. The van der Waals surface area contributed by atoms with Crippen LogP contribution in [0.5, 0.6) is 0 Å². The van der Waals surface area contributed by atoms with Crippen LogP contribution in [-0.2, 0) is 6.54 Å². The maximum absolute atomic E-state index is 12.4. The van der Waals surface area contributed by atoms with Crippen molar-refractivity contribution in [2.75, 3.05) is 12.4 Å². The highest BCUT2D eigenvalue weighted by Crippen LogP contribution is 2.24. The molecule has 26 heavy (non-hydrogen) atoms. The van der Waals surface area contributed by atoms with E-state index in [0.29, 0.717) is 27.8 Å². The molecule has 2 aromatic rings. The zero-order chi connectivity index (χ0) is 18.7. The largest absolute Gasteiger partial charge is 0.349 e. The van der Waals surface area contributed by atoms with Gasteiger partial charge in [-0.1, -0.05) is 35.3 Å². The molecule has 0 radical (unpaired) electrons. The minimum atomic E-state index is -0.291. The average molecular weight is 392 g/mol. The van der Waals surface area contributed by atoms with Gasteiger partial charge in [-0.15, -0.1) is 0 Å². The van der Waals surface area contributed by atoms with E-state index in [2.05, 4.69) is 10.6 Å². The van der Waals surface area contributed by atoms with Gasteiger partial charge in [0.05, 0.1) is 10.6 Å². The third-order valence-corrected chi connectivity index (χ3v) is 4.59. The predicted octanol–water partition coefficient (Wildman–Crippen LogP) is 4.55. The summed E-state index contributed by atoms with van der Waals surface area (Å²) in [5, 5.41) is 6.66. The molecule has 0 bridgehead atoms. The van der Waals surface area contributed by atoms with E-state index in [0.717, 1.165) is 18.4 Å². The van der Waals surface area contributed by atoms with E-state index in [4.69, 9.17) is 23.2 Å². The molecule has 2 N–H and O–H groups in total. The Bertz CT molecular complexity index is 837. The molecular weight excluding hydrogens is 373 g/mol. The smallest absolute Gasteiger partial charge is 0.321 e. The van der Waals surface area contributed by atoms with Crippen LogP contribution in [0.1, 0.15) is 28.8 Å². The lowest BCUT2D eigenvalue weighted by Gasteiger charge is -2.18. The molecule has 0 aliphatic heterocycles. The molecule has 3 rings (SSSR count). The van der Waals surface area contributed by atoms with Crippen molar-refractivity contribution in [2.45, 2.75) is 25.4 Å². The highest BCUT2D eigenvalue weighted by atomic mass is 35.5. The van der Waals surface area contributed by atoms with E-state index < -0.39 is 0 Å². The van der Waals surface area contributed by atoms with Gasteiger partial charge in [0.25, 0.3) is 5.91 Å². The van der Waals surface area contributed by atoms with Gasteiger partial charge in [-0.05, 0) is 48.7 Å². The van der Waals surface area contributed by atoms with E-state index >= 15 is 0 Å². The summed E-state index contributed by atoms with van der Waals surface area (Å²) in [7, 11) is 1.69. The van der Waals surface area contributed by atoms with Crippen LogP contribution in [-0.4, -0.2) is 29.9 Å². The minimum absolute atomic E-state index is 0.221. The zero-order valence-corrected chi connectivity index (χ0v) is 15.8. The van der Waals surface area contributed by atoms with Crippen molar-refractivity contribution in [1.29, 1.82) is 0 Å². The minimum Gasteiger partial charge on any atom is -0.349 e. The summed E-state index contributed by atoms with van der Waals surface area (Å²) in [5.41, 5.74) is 1.79. The van der Waals surface area contributed by atoms with Gasteiger partial charge >= 0.3 is 6.03 Å². The third-order valence-electron chi connectivity index (χ3n) is 4.03. The summed E-state index contributed by atoms with van der Waals surface area (Å²) in [6, 6.07) is 12.1. The molecule has 1 aliphatic rings. The van der Waals surface area contributed by atoms with Gasteiger partial charge in [-0.2, -0.15) is 0 Å². The Balaban J connectivity index is 1.65. The van der Waals surface area contributed by atoms with E-state index in [1.54, 1.807) is 31.3 Å². The van der Waals surface area contributed by atoms with E-state index in [1.165, 1.54) is 4.90 Å². The Labute approximate surface area is 162 Å². The number of nitrogens with one attached hydrogen (secondary N) is 2. The average Bonchev–Trinajstić information content (AvgIpc) is 3.40. The van der Waals surface area contributed by atoms with Crippen molar-refractivity contribution in [3.8, 4) is 0 Å². The first-order valence-corrected chi connectivity index (χ1v) is 9.05. The van der Waals surface area contributed by atoms with Crippen molar-refractivity contribution in [2.24, 2.45) is 0 Å². The van der Waals surface area contributed by atoms with Gasteiger partial charge in [0.1, 0.15) is 0 Å². The van der Waals surface area contributed by atoms with Crippen molar-refractivity contribution in [3.05, 3.63) is 63.6 Å². The fourth-order valence-corrected chi connectivity index (χ4v) is 2.88. The summed E-state index contributed by atoms with van der Waals surface area (Å²) >= 11 is 12.1. The van der Waals surface area contributed by atoms with Gasteiger partial charge in [0.2, 0.25) is 0 Å². The fraction of sp³-hybridized carbons (Fsp3) is 0.263. The second-order valence-corrected chi connectivity index (χ2v) is 7.20. The molecule has 136 valence electrons. The lowest BCUT2D eigenvalue weighted by atomic mass is 10.2. The molecule has 7 heteroatoms. The van der Waals surface area contributed by atoms with Crippen molar-refractivity contribution in [3.63, 3.8) is 0 Å². The molecule has 2 aromatic carbocycles. The van der Waals surface area contributed by atoms with Gasteiger partial charge in [0, 0.05) is 30.3 Å². The summed E-state index contributed by atoms with van der Waals surface area (Å²) in [6.07, 6.45) is 1.99. The second kappa shape index (κ2) is 7.98. The number of hydrogen-bond donors (Lipinski definition) is 2. The van der Waals surface area contributed by atoms with Crippen LogP contribution >= 0.6 is 23.2 Å². The highest BCUT2D eigenvalue weighted by molar-refractivity contribution is 6.34. The number of hydrogen-bond acceptors (Lipinski definition) is 2. The molecule has 1 saturated carbocycles. The van der Waals surface area contributed by atoms with Crippen LogP contribution < -0.4 is 10.6 Å². The van der Waals surface area contributed by atoms with Gasteiger partial charge < -0.3 is 15.5 Å². The van der Waals surface area contributed by atoms with E-state index in [-0.39, 0.29) is 18.0 Å². The van der Waals surface area contributed by atoms with Gasteiger partial charge in [-0.25, -0.2) is 4.79 Å². The number of nitrogens with zero attached hydrogens (tertiary/aromatic N) is 1. The summed E-state index contributed by atoms with van der Waals surface area (Å²) in [5.74, 6) is -0.221. The molecule has 0 spiro atoms. The molecular formula is C19H19Cl2N3O2. The van der Waals surface area contributed by atoms with Crippen LogP contribution in [0.25, 0.3) is 0 Å². The summed E-state index contributed by atoms with van der Waals surface area (Å²) in [6.45, 7) is 0.412. The maximum atomic E-state index is 12.4. The van der Waals surface area contributed by atoms with Crippen LogP contribution in [0.4, 0.5) is 10.5 Å². The molecule has 1 aliphatic carbocycles. The van der Waals surface area contributed by atoms with Crippen LogP contribution in [0, 0.1) is 0 Å². The van der Waals surface area contributed by atoms with Crippen LogP contribution in [0.3, 0.4) is 0 Å². The first kappa shape index (κ1) is 18.5. The Morgan fingerprint density at radius 1 is 1.15 bits per heavy atom. The predicted molar refractivity (Wildman–Crippen MR) is 104 cm³/mol. The highest BCUT2D eigenvalue weighted by Gasteiger charge is 2.25. The second-order valence-electron chi connectivity index (χ2n) is 6.36. The van der Waals surface area contributed by atoms with E-state index in [1.807, 2.05) is 18.2 Å². The van der Waals surface area contributed by atoms with Gasteiger partial charge in [-0.3, -0.25) is 4.79 Å². The Morgan fingerprint density at radius 2 is 1.92 bits per heavy atom. The Kier molecular flexibility index (Phi) is 5.69. The normalized spacial score (nSPS) is 13.2. The molecule has 0 atom stereocenters. The standard InChI is InChI=1S/C19H19Cl2N3O2/c1-24(11-12-3-2-4-13(20)9-12)19(26)23-15-7-8-17(21)16(10-15)18(25)22-14-5-6-14/h2-4,7-10,14H,5-6,11H2,1H3,(H,22,25)(H,23,26). The molecule has 3 amide bonds. The molecule has 1 fully saturated rings. The fourth-order valence-electron chi connectivity index (χ4n) is 2.47. The SMILES string of the molecule is CN(Cc1cccc(Cl)c1)C(=O)Nc1ccc(Cl)c(C(=O)NC2CC2)c1. The molecule has 5 nitrogen and oxygen atoms in total. The molecule has 0 unspecified atom stereocenters. The third kappa shape index (κ3) is 4.90. The van der Waals surface area contributed by atoms with Crippen molar-refractivity contribution in [1.82, 2.24) is 10.2 Å². The van der Waals surface area contributed by atoms with Crippen molar-refractivity contribution < 1.29 is 9.59 Å². The number of halogens is 2. The van der Waals surface area contributed by atoms with Crippen LogP contribution in [0.15, 0.2) is 42.5 Å². The summed E-state index contributed by atoms with van der Waals surface area (Å²) in [4.78, 5) is 26.2.